The zero-order valence-electron chi connectivity index (χ0n) is 13.1. The molecule has 1 N–H and O–H groups in total. The van der Waals surface area contributed by atoms with Crippen LogP contribution in [0.1, 0.15) is 33.6 Å². The largest absolute Gasteiger partial charge is 0.317 e. The van der Waals surface area contributed by atoms with E-state index in [-0.39, 0.29) is 0 Å². The minimum atomic E-state index is -3.30. The van der Waals surface area contributed by atoms with Crippen molar-refractivity contribution in [1.29, 1.82) is 0 Å². The molecule has 2 unspecified atom stereocenters. The van der Waals surface area contributed by atoms with Crippen LogP contribution < -0.4 is 5.32 Å². The summed E-state index contributed by atoms with van der Waals surface area (Å²) < 4.78 is 28.2. The molecule has 1 heterocycles. The van der Waals surface area contributed by atoms with Crippen molar-refractivity contribution < 1.29 is 8.42 Å². The Morgan fingerprint density at radius 1 is 1.25 bits per heavy atom. The van der Waals surface area contributed by atoms with Crippen LogP contribution in [-0.2, 0) is 10.2 Å². The van der Waals surface area contributed by atoms with E-state index in [2.05, 4.69) is 26.1 Å². The van der Waals surface area contributed by atoms with Crippen molar-refractivity contribution >= 4 is 22.0 Å². The lowest BCUT2D eigenvalue weighted by Crippen LogP contribution is -2.49. The van der Waals surface area contributed by atoms with E-state index in [1.165, 1.54) is 4.31 Å². The molecule has 0 bridgehead atoms. The number of nitrogens with zero attached hydrogens (tertiary/aromatic N) is 2. The molecule has 0 aromatic carbocycles. The fourth-order valence-electron chi connectivity index (χ4n) is 2.36. The quantitative estimate of drug-likeness (QED) is 0.686. The maximum atomic E-state index is 12.5. The van der Waals surface area contributed by atoms with Gasteiger partial charge in [-0.25, -0.2) is 0 Å². The molecule has 0 aliphatic carbocycles. The van der Waals surface area contributed by atoms with Crippen molar-refractivity contribution in [2.24, 2.45) is 0 Å². The Labute approximate surface area is 128 Å². The summed E-state index contributed by atoms with van der Waals surface area (Å²) in [6.45, 7) is 10.00. The first-order valence-corrected chi connectivity index (χ1v) is 9.79. The predicted octanol–water partition coefficient (Wildman–Crippen LogP) is 1.38. The molecule has 120 valence electrons. The smallest absolute Gasteiger partial charge is 0.281 e. The van der Waals surface area contributed by atoms with Gasteiger partial charge in [0, 0.05) is 37.2 Å². The van der Waals surface area contributed by atoms with Crippen molar-refractivity contribution in [3.05, 3.63) is 0 Å². The first-order valence-electron chi connectivity index (χ1n) is 7.45. The first kappa shape index (κ1) is 18.2. The van der Waals surface area contributed by atoms with E-state index in [9.17, 15) is 8.42 Å². The number of nitrogens with one attached hydrogen (secondary N) is 1. The van der Waals surface area contributed by atoms with Gasteiger partial charge < -0.3 is 5.32 Å². The molecule has 0 aromatic heterocycles. The molecule has 2 atom stereocenters. The van der Waals surface area contributed by atoms with Crippen molar-refractivity contribution in [3.63, 3.8) is 0 Å². The molecule has 5 nitrogen and oxygen atoms in total. The highest BCUT2D eigenvalue weighted by molar-refractivity contribution is 8.00. The summed E-state index contributed by atoms with van der Waals surface area (Å²) in [5.74, 6) is 0. The minimum absolute atomic E-state index is 0.369. The molecule has 0 aromatic rings. The van der Waals surface area contributed by atoms with Crippen molar-refractivity contribution in [2.45, 2.75) is 44.1 Å². The number of rotatable bonds is 8. The predicted molar refractivity (Wildman–Crippen MR) is 87.4 cm³/mol. The Bertz CT molecular complexity index is 366. The zero-order chi connectivity index (χ0) is 15.2. The summed E-state index contributed by atoms with van der Waals surface area (Å²) in [6.07, 6.45) is 1.96. The van der Waals surface area contributed by atoms with Gasteiger partial charge in [-0.3, -0.25) is 0 Å². The summed E-state index contributed by atoms with van der Waals surface area (Å²) in [5, 5.41) is 4.03. The number of hydrogen-bond donors (Lipinski definition) is 1. The molecule has 0 spiro atoms. The van der Waals surface area contributed by atoms with Crippen LogP contribution in [0, 0.1) is 0 Å². The van der Waals surface area contributed by atoms with E-state index in [1.807, 2.05) is 11.8 Å². The highest BCUT2D eigenvalue weighted by Crippen LogP contribution is 2.27. The van der Waals surface area contributed by atoms with Gasteiger partial charge in [0.25, 0.3) is 10.2 Å². The average Bonchev–Trinajstić information content (AvgIpc) is 2.37. The van der Waals surface area contributed by atoms with E-state index in [0.717, 1.165) is 25.9 Å². The van der Waals surface area contributed by atoms with Gasteiger partial charge in [0.05, 0.1) is 0 Å². The third kappa shape index (κ3) is 5.52. The molecule has 1 saturated heterocycles. The topological polar surface area (TPSA) is 52.7 Å². The van der Waals surface area contributed by atoms with Crippen molar-refractivity contribution in [2.75, 3.05) is 39.8 Å². The lowest BCUT2D eigenvalue weighted by molar-refractivity contribution is 0.352. The molecular formula is C13H29N3O2S2. The summed E-state index contributed by atoms with van der Waals surface area (Å²) in [4.78, 5) is 0. The van der Waals surface area contributed by atoms with Gasteiger partial charge in [-0.2, -0.15) is 28.8 Å². The molecule has 1 rings (SSSR count). The molecule has 20 heavy (non-hydrogen) atoms. The molecule has 0 radical (unpaired) electrons. The van der Waals surface area contributed by atoms with E-state index < -0.39 is 10.2 Å². The third-order valence-electron chi connectivity index (χ3n) is 3.36. The molecule has 1 aliphatic heterocycles. The lowest BCUT2D eigenvalue weighted by Gasteiger charge is -2.35. The summed E-state index contributed by atoms with van der Waals surface area (Å²) in [7, 11) is -1.61. The SMILES string of the molecule is CCCNCCCN(C)S(=O)(=O)N1CC(C)SC(C)C1. The summed E-state index contributed by atoms with van der Waals surface area (Å²) >= 11 is 1.87. The Hall–Kier alpha value is 0.180. The summed E-state index contributed by atoms with van der Waals surface area (Å²) in [5.41, 5.74) is 0. The molecule has 0 saturated carbocycles. The maximum Gasteiger partial charge on any atom is 0.281 e. The van der Waals surface area contributed by atoms with Gasteiger partial charge >= 0.3 is 0 Å². The third-order valence-corrected chi connectivity index (χ3v) is 6.51. The lowest BCUT2D eigenvalue weighted by atomic mass is 10.4. The van der Waals surface area contributed by atoms with Crippen LogP contribution in [-0.4, -0.2) is 67.3 Å². The molecule has 1 fully saturated rings. The normalized spacial score (nSPS) is 25.2. The number of hydrogen-bond acceptors (Lipinski definition) is 4. The Morgan fingerprint density at radius 3 is 2.40 bits per heavy atom. The second-order valence-corrected chi connectivity index (χ2v) is 9.42. The van der Waals surface area contributed by atoms with Gasteiger partial charge in [0.15, 0.2) is 0 Å². The van der Waals surface area contributed by atoms with Crippen LogP contribution in [0.15, 0.2) is 0 Å². The Balaban J connectivity index is 2.45. The van der Waals surface area contributed by atoms with Crippen LogP contribution in [0.5, 0.6) is 0 Å². The Kier molecular flexibility index (Phi) is 7.82. The highest BCUT2D eigenvalue weighted by Gasteiger charge is 2.33. The van der Waals surface area contributed by atoms with Crippen molar-refractivity contribution in [1.82, 2.24) is 13.9 Å². The first-order chi connectivity index (χ1) is 9.37. The second-order valence-electron chi connectivity index (χ2n) is 5.51. The highest BCUT2D eigenvalue weighted by atomic mass is 32.2. The van der Waals surface area contributed by atoms with Gasteiger partial charge in [-0.1, -0.05) is 20.8 Å². The monoisotopic (exact) mass is 323 g/mol. The molecule has 1 aliphatic rings. The van der Waals surface area contributed by atoms with Gasteiger partial charge in [0.1, 0.15) is 0 Å². The fourth-order valence-corrected chi connectivity index (χ4v) is 5.45. The molecule has 0 amide bonds. The number of thioether (sulfide) groups is 1. The maximum absolute atomic E-state index is 12.5. The van der Waals surface area contributed by atoms with Crippen LogP contribution in [0.2, 0.25) is 0 Å². The van der Waals surface area contributed by atoms with Gasteiger partial charge in [-0.05, 0) is 25.9 Å². The van der Waals surface area contributed by atoms with E-state index >= 15 is 0 Å². The standard InChI is InChI=1S/C13H29N3O2S2/c1-5-7-14-8-6-9-15(4)20(17,18)16-10-12(2)19-13(3)11-16/h12-14H,5-11H2,1-4H3. The van der Waals surface area contributed by atoms with Crippen LogP contribution >= 0.6 is 11.8 Å². The van der Waals surface area contributed by atoms with Crippen LogP contribution in [0.4, 0.5) is 0 Å². The fraction of sp³-hybridized carbons (Fsp3) is 1.00. The average molecular weight is 324 g/mol. The second kappa shape index (κ2) is 8.58. The zero-order valence-corrected chi connectivity index (χ0v) is 14.8. The molecule has 7 heteroatoms. The molecular weight excluding hydrogens is 294 g/mol. The summed E-state index contributed by atoms with van der Waals surface area (Å²) in [6, 6.07) is 0. The van der Waals surface area contributed by atoms with E-state index in [0.29, 0.717) is 30.1 Å². The van der Waals surface area contributed by atoms with Gasteiger partial charge in [0.2, 0.25) is 0 Å². The van der Waals surface area contributed by atoms with Crippen LogP contribution in [0.25, 0.3) is 0 Å². The Morgan fingerprint density at radius 2 is 1.85 bits per heavy atom. The minimum Gasteiger partial charge on any atom is -0.317 e. The van der Waals surface area contributed by atoms with E-state index in [4.69, 9.17) is 0 Å². The van der Waals surface area contributed by atoms with Crippen LogP contribution in [0.3, 0.4) is 0 Å². The van der Waals surface area contributed by atoms with E-state index in [1.54, 1.807) is 11.4 Å². The van der Waals surface area contributed by atoms with Gasteiger partial charge in [-0.15, -0.1) is 0 Å². The van der Waals surface area contributed by atoms with Crippen molar-refractivity contribution in [3.8, 4) is 0 Å².